The SMILES string of the molecule is CC(=O)Oc1cn[nH]c1. The molecule has 9 heavy (non-hydrogen) atoms. The van der Waals surface area contributed by atoms with Crippen molar-refractivity contribution in [2.45, 2.75) is 6.92 Å². The van der Waals surface area contributed by atoms with Gasteiger partial charge in [0.15, 0.2) is 5.75 Å². The molecule has 0 unspecified atom stereocenters. The number of esters is 1. The van der Waals surface area contributed by atoms with Gasteiger partial charge < -0.3 is 4.74 Å². The van der Waals surface area contributed by atoms with Crippen molar-refractivity contribution in [3.8, 4) is 5.75 Å². The first-order valence-corrected chi connectivity index (χ1v) is 2.46. The van der Waals surface area contributed by atoms with Gasteiger partial charge in [0.2, 0.25) is 0 Å². The van der Waals surface area contributed by atoms with Gasteiger partial charge in [0.25, 0.3) is 0 Å². The topological polar surface area (TPSA) is 55.0 Å². The second kappa shape index (κ2) is 2.30. The van der Waals surface area contributed by atoms with Crippen LogP contribution >= 0.6 is 0 Å². The van der Waals surface area contributed by atoms with Gasteiger partial charge in [0.1, 0.15) is 0 Å². The van der Waals surface area contributed by atoms with Gasteiger partial charge in [-0.15, -0.1) is 0 Å². The molecule has 1 heterocycles. The fraction of sp³-hybridized carbons (Fsp3) is 0.200. The Balaban J connectivity index is 2.58. The second-order valence-electron chi connectivity index (χ2n) is 1.53. The maximum absolute atomic E-state index is 10.2. The van der Waals surface area contributed by atoms with Crippen LogP contribution in [0.5, 0.6) is 5.75 Å². The average molecular weight is 126 g/mol. The smallest absolute Gasteiger partial charge is 0.308 e. The third-order valence-electron chi connectivity index (χ3n) is 0.735. The normalized spacial score (nSPS) is 9.00. The Bertz CT molecular complexity index is 193. The van der Waals surface area contributed by atoms with Crippen molar-refractivity contribution < 1.29 is 9.53 Å². The van der Waals surface area contributed by atoms with Crippen LogP contribution in [0.4, 0.5) is 0 Å². The van der Waals surface area contributed by atoms with Crippen LogP contribution in [0.3, 0.4) is 0 Å². The van der Waals surface area contributed by atoms with Gasteiger partial charge in [-0.05, 0) is 0 Å². The number of aromatic amines is 1. The first-order valence-electron chi connectivity index (χ1n) is 2.46. The molecule has 4 nitrogen and oxygen atoms in total. The number of nitrogens with one attached hydrogen (secondary N) is 1. The molecule has 0 atom stereocenters. The summed E-state index contributed by atoms with van der Waals surface area (Å²) in [6, 6.07) is 0. The molecule has 1 rings (SSSR count). The van der Waals surface area contributed by atoms with Crippen LogP contribution in [0, 0.1) is 0 Å². The van der Waals surface area contributed by atoms with Crippen molar-refractivity contribution in [3.63, 3.8) is 0 Å². The number of carbonyl (C=O) groups is 1. The Hall–Kier alpha value is -1.32. The summed E-state index contributed by atoms with van der Waals surface area (Å²) in [5.41, 5.74) is 0. The molecule has 0 radical (unpaired) electrons. The second-order valence-corrected chi connectivity index (χ2v) is 1.53. The van der Waals surface area contributed by atoms with Crippen LogP contribution < -0.4 is 4.74 Å². The van der Waals surface area contributed by atoms with Crippen molar-refractivity contribution in [2.75, 3.05) is 0 Å². The molecule has 0 aliphatic carbocycles. The number of aromatic nitrogens is 2. The van der Waals surface area contributed by atoms with E-state index in [1.807, 2.05) is 0 Å². The zero-order valence-electron chi connectivity index (χ0n) is 4.92. The summed E-state index contributed by atoms with van der Waals surface area (Å²) in [5.74, 6) is 0.110. The molecule has 1 aromatic rings. The molecule has 0 amide bonds. The van der Waals surface area contributed by atoms with Gasteiger partial charge >= 0.3 is 5.97 Å². The Kier molecular flexibility index (Phi) is 1.48. The van der Waals surface area contributed by atoms with E-state index in [2.05, 4.69) is 14.9 Å². The molecule has 0 saturated carbocycles. The summed E-state index contributed by atoms with van der Waals surface area (Å²) < 4.78 is 4.62. The Morgan fingerprint density at radius 1 is 1.89 bits per heavy atom. The summed E-state index contributed by atoms with van der Waals surface area (Å²) >= 11 is 0. The van der Waals surface area contributed by atoms with Crippen molar-refractivity contribution in [2.24, 2.45) is 0 Å². The lowest BCUT2D eigenvalue weighted by molar-refractivity contribution is -0.131. The first-order chi connectivity index (χ1) is 4.29. The van der Waals surface area contributed by atoms with Gasteiger partial charge in [0.05, 0.1) is 12.4 Å². The average Bonchev–Trinajstić information content (AvgIpc) is 2.15. The Morgan fingerprint density at radius 3 is 3.11 bits per heavy atom. The molecular formula is C5H6N2O2. The van der Waals surface area contributed by atoms with E-state index < -0.39 is 0 Å². The molecule has 1 aromatic heterocycles. The maximum atomic E-state index is 10.2. The lowest BCUT2D eigenvalue weighted by Gasteiger charge is -1.91. The zero-order valence-corrected chi connectivity index (χ0v) is 4.92. The van der Waals surface area contributed by atoms with E-state index in [-0.39, 0.29) is 5.97 Å². The Labute approximate surface area is 51.8 Å². The molecule has 0 fully saturated rings. The fourth-order valence-electron chi connectivity index (χ4n) is 0.461. The maximum Gasteiger partial charge on any atom is 0.308 e. The molecule has 0 aliphatic heterocycles. The highest BCUT2D eigenvalue weighted by atomic mass is 16.5. The van der Waals surface area contributed by atoms with Crippen LogP contribution in [-0.4, -0.2) is 16.2 Å². The standard InChI is InChI=1S/C5H6N2O2/c1-4(8)9-5-2-6-7-3-5/h2-3H,1H3,(H,6,7). The third kappa shape index (κ3) is 1.56. The number of H-pyrrole nitrogens is 1. The lowest BCUT2D eigenvalue weighted by atomic mass is 10.6. The van der Waals surface area contributed by atoms with Crippen LogP contribution in [0.15, 0.2) is 12.4 Å². The minimum atomic E-state index is -0.337. The molecule has 0 aromatic carbocycles. The van der Waals surface area contributed by atoms with Gasteiger partial charge in [-0.1, -0.05) is 0 Å². The predicted octanol–water partition coefficient (Wildman–Crippen LogP) is 0.335. The van der Waals surface area contributed by atoms with E-state index >= 15 is 0 Å². The van der Waals surface area contributed by atoms with Crippen molar-refractivity contribution in [1.82, 2.24) is 10.2 Å². The van der Waals surface area contributed by atoms with Gasteiger partial charge in [0, 0.05) is 6.92 Å². The van der Waals surface area contributed by atoms with E-state index in [1.165, 1.54) is 19.3 Å². The molecule has 48 valence electrons. The van der Waals surface area contributed by atoms with Gasteiger partial charge in [-0.2, -0.15) is 5.10 Å². The Morgan fingerprint density at radius 2 is 2.67 bits per heavy atom. The van der Waals surface area contributed by atoms with E-state index in [4.69, 9.17) is 0 Å². The molecule has 4 heteroatoms. The molecule has 0 spiro atoms. The quantitative estimate of drug-likeness (QED) is 0.552. The van der Waals surface area contributed by atoms with Gasteiger partial charge in [-0.3, -0.25) is 9.89 Å². The third-order valence-corrected chi connectivity index (χ3v) is 0.735. The highest BCUT2D eigenvalue weighted by Gasteiger charge is 1.95. The van der Waals surface area contributed by atoms with Crippen LogP contribution in [0.25, 0.3) is 0 Å². The zero-order chi connectivity index (χ0) is 6.69. The largest absolute Gasteiger partial charge is 0.423 e. The summed E-state index contributed by atoms with van der Waals surface area (Å²) in [6.07, 6.45) is 2.93. The van der Waals surface area contributed by atoms with Crippen LogP contribution in [-0.2, 0) is 4.79 Å². The summed E-state index contributed by atoms with van der Waals surface area (Å²) in [4.78, 5) is 10.2. The number of carbonyl (C=O) groups excluding carboxylic acids is 1. The highest BCUT2D eigenvalue weighted by Crippen LogP contribution is 2.03. The lowest BCUT2D eigenvalue weighted by Crippen LogP contribution is -1.99. The number of hydrogen-bond acceptors (Lipinski definition) is 3. The van der Waals surface area contributed by atoms with Gasteiger partial charge in [-0.25, -0.2) is 0 Å². The molecule has 1 N–H and O–H groups in total. The van der Waals surface area contributed by atoms with Crippen LogP contribution in [0.2, 0.25) is 0 Å². The predicted molar refractivity (Wildman–Crippen MR) is 29.9 cm³/mol. The van der Waals surface area contributed by atoms with E-state index in [1.54, 1.807) is 0 Å². The molecule has 0 bridgehead atoms. The monoisotopic (exact) mass is 126 g/mol. The summed E-state index contributed by atoms with van der Waals surface area (Å²) in [5, 5.41) is 6.08. The highest BCUT2D eigenvalue weighted by molar-refractivity contribution is 5.68. The molecule has 0 aliphatic rings. The van der Waals surface area contributed by atoms with E-state index in [0.717, 1.165) is 0 Å². The van der Waals surface area contributed by atoms with Crippen molar-refractivity contribution in [1.29, 1.82) is 0 Å². The summed E-state index contributed by atoms with van der Waals surface area (Å²) in [6.45, 7) is 1.34. The minimum Gasteiger partial charge on any atom is -0.423 e. The number of ether oxygens (including phenoxy) is 1. The first kappa shape index (κ1) is 5.81. The van der Waals surface area contributed by atoms with E-state index in [9.17, 15) is 4.79 Å². The number of hydrogen-bond donors (Lipinski definition) is 1. The van der Waals surface area contributed by atoms with Crippen LogP contribution in [0.1, 0.15) is 6.92 Å². The number of rotatable bonds is 1. The van der Waals surface area contributed by atoms with E-state index in [0.29, 0.717) is 5.75 Å². The fourth-order valence-corrected chi connectivity index (χ4v) is 0.461. The number of nitrogens with zero attached hydrogens (tertiary/aromatic N) is 1. The summed E-state index contributed by atoms with van der Waals surface area (Å²) in [7, 11) is 0. The van der Waals surface area contributed by atoms with Crippen molar-refractivity contribution >= 4 is 5.97 Å². The molecule has 0 saturated heterocycles. The minimum absolute atomic E-state index is 0.337. The molecular weight excluding hydrogens is 120 g/mol. The van der Waals surface area contributed by atoms with Crippen molar-refractivity contribution in [3.05, 3.63) is 12.4 Å².